The number of fused-ring (bicyclic) bond motifs is 1. The van der Waals surface area contributed by atoms with Gasteiger partial charge in [-0.2, -0.15) is 0 Å². The van der Waals surface area contributed by atoms with E-state index in [0.717, 1.165) is 5.82 Å². The summed E-state index contributed by atoms with van der Waals surface area (Å²) in [6.45, 7) is 4.51. The van der Waals surface area contributed by atoms with Crippen LogP contribution in [0.4, 0.5) is 5.82 Å². The van der Waals surface area contributed by atoms with Crippen molar-refractivity contribution in [2.75, 3.05) is 5.73 Å². The minimum absolute atomic E-state index is 0.628. The van der Waals surface area contributed by atoms with E-state index in [1.165, 1.54) is 24.0 Å². The Bertz CT molecular complexity index is 318. The maximum absolute atomic E-state index is 5.89. The number of aromatic nitrogens is 1. The first-order valence-corrected chi connectivity index (χ1v) is 4.93. The monoisotopic (exact) mass is 176 g/mol. The van der Waals surface area contributed by atoms with Gasteiger partial charge in [-0.05, 0) is 36.3 Å². The molecule has 1 unspecified atom stereocenters. The molecule has 0 radical (unpaired) electrons. The molecule has 1 aliphatic carbocycles. The largest absolute Gasteiger partial charge is 0.383 e. The van der Waals surface area contributed by atoms with Crippen LogP contribution in [0.3, 0.4) is 0 Å². The molecule has 2 nitrogen and oxygen atoms in total. The van der Waals surface area contributed by atoms with Crippen LogP contribution in [0.1, 0.15) is 37.3 Å². The van der Waals surface area contributed by atoms with E-state index >= 15 is 0 Å². The Kier molecular flexibility index (Phi) is 1.98. The number of nitrogens with two attached hydrogens (primary N) is 1. The number of anilines is 1. The molecule has 13 heavy (non-hydrogen) atoms. The lowest BCUT2D eigenvalue weighted by Crippen LogP contribution is -2.06. The summed E-state index contributed by atoms with van der Waals surface area (Å²) < 4.78 is 0. The number of pyridine rings is 1. The van der Waals surface area contributed by atoms with Crippen LogP contribution in [0.2, 0.25) is 0 Å². The summed E-state index contributed by atoms with van der Waals surface area (Å²) in [5.41, 5.74) is 8.61. The first kappa shape index (κ1) is 8.54. The topological polar surface area (TPSA) is 38.9 Å². The molecule has 0 aliphatic heterocycles. The Morgan fingerprint density at radius 1 is 1.54 bits per heavy atom. The second kappa shape index (κ2) is 3.02. The zero-order chi connectivity index (χ0) is 9.42. The maximum atomic E-state index is 5.89. The molecule has 1 aromatic rings. The molecule has 2 N–H and O–H groups in total. The van der Waals surface area contributed by atoms with E-state index in [0.29, 0.717) is 11.8 Å². The first-order chi connectivity index (χ1) is 6.20. The van der Waals surface area contributed by atoms with Gasteiger partial charge in [-0.3, -0.25) is 0 Å². The standard InChI is InChI=1S/C11H16N2/c1-7(2)9-4-3-8-5-6-13-11(12)10(8)9/h5-7,9H,3-4H2,1-2H3,(H2,12,13). The van der Waals surface area contributed by atoms with Crippen molar-refractivity contribution in [3.05, 3.63) is 23.4 Å². The van der Waals surface area contributed by atoms with E-state index < -0.39 is 0 Å². The van der Waals surface area contributed by atoms with E-state index in [1.807, 2.05) is 6.20 Å². The zero-order valence-corrected chi connectivity index (χ0v) is 8.25. The summed E-state index contributed by atoms with van der Waals surface area (Å²) in [6.07, 6.45) is 4.23. The predicted octanol–water partition coefficient (Wildman–Crippen LogP) is 2.35. The van der Waals surface area contributed by atoms with Crippen molar-refractivity contribution >= 4 is 5.82 Å². The molecule has 2 heteroatoms. The van der Waals surface area contributed by atoms with Crippen LogP contribution >= 0.6 is 0 Å². The highest BCUT2D eigenvalue weighted by Crippen LogP contribution is 2.40. The zero-order valence-electron chi connectivity index (χ0n) is 8.25. The van der Waals surface area contributed by atoms with Crippen LogP contribution in [0.5, 0.6) is 0 Å². The fourth-order valence-electron chi connectivity index (χ4n) is 2.30. The van der Waals surface area contributed by atoms with E-state index in [1.54, 1.807) is 0 Å². The fraction of sp³-hybridized carbons (Fsp3) is 0.545. The molecule has 0 spiro atoms. The highest BCUT2D eigenvalue weighted by Gasteiger charge is 2.27. The Labute approximate surface area is 79.2 Å². The van der Waals surface area contributed by atoms with E-state index in [9.17, 15) is 0 Å². The summed E-state index contributed by atoms with van der Waals surface area (Å²) in [5, 5.41) is 0. The lowest BCUT2D eigenvalue weighted by Gasteiger charge is -2.16. The Balaban J connectivity index is 2.46. The van der Waals surface area contributed by atoms with Crippen molar-refractivity contribution in [3.8, 4) is 0 Å². The smallest absolute Gasteiger partial charge is 0.127 e. The third-order valence-corrected chi connectivity index (χ3v) is 3.01. The van der Waals surface area contributed by atoms with E-state index in [4.69, 9.17) is 5.73 Å². The average molecular weight is 176 g/mol. The average Bonchev–Trinajstić information content (AvgIpc) is 2.49. The minimum Gasteiger partial charge on any atom is -0.383 e. The number of hydrogen-bond acceptors (Lipinski definition) is 2. The molecule has 0 bridgehead atoms. The highest BCUT2D eigenvalue weighted by molar-refractivity contribution is 5.49. The van der Waals surface area contributed by atoms with Gasteiger partial charge in [0.2, 0.25) is 0 Å². The Morgan fingerprint density at radius 2 is 2.31 bits per heavy atom. The molecule has 0 saturated heterocycles. The molecule has 0 aromatic carbocycles. The van der Waals surface area contributed by atoms with Crippen molar-refractivity contribution in [1.29, 1.82) is 0 Å². The third kappa shape index (κ3) is 1.30. The number of hydrogen-bond donors (Lipinski definition) is 1. The molecule has 1 atom stereocenters. The van der Waals surface area contributed by atoms with Gasteiger partial charge in [0.1, 0.15) is 5.82 Å². The Morgan fingerprint density at radius 3 is 3.00 bits per heavy atom. The summed E-state index contributed by atoms with van der Waals surface area (Å²) in [6, 6.07) is 2.11. The molecule has 0 fully saturated rings. The quantitative estimate of drug-likeness (QED) is 0.713. The van der Waals surface area contributed by atoms with Crippen molar-refractivity contribution < 1.29 is 0 Å². The van der Waals surface area contributed by atoms with Crippen LogP contribution < -0.4 is 5.73 Å². The molecule has 0 amide bonds. The van der Waals surface area contributed by atoms with Crippen LogP contribution in [-0.2, 0) is 6.42 Å². The van der Waals surface area contributed by atoms with Crippen LogP contribution in [0.25, 0.3) is 0 Å². The summed E-state index contributed by atoms with van der Waals surface area (Å²) in [7, 11) is 0. The molecule has 1 heterocycles. The van der Waals surface area contributed by atoms with Crippen LogP contribution in [0, 0.1) is 5.92 Å². The van der Waals surface area contributed by atoms with Gasteiger partial charge in [0, 0.05) is 11.8 Å². The van der Waals surface area contributed by atoms with Crippen molar-refractivity contribution in [2.45, 2.75) is 32.6 Å². The van der Waals surface area contributed by atoms with Crippen molar-refractivity contribution in [2.24, 2.45) is 5.92 Å². The lowest BCUT2D eigenvalue weighted by atomic mass is 9.90. The van der Waals surface area contributed by atoms with Crippen LogP contribution in [-0.4, -0.2) is 4.98 Å². The second-order valence-corrected chi connectivity index (χ2v) is 4.16. The maximum Gasteiger partial charge on any atom is 0.127 e. The second-order valence-electron chi connectivity index (χ2n) is 4.16. The van der Waals surface area contributed by atoms with Gasteiger partial charge in [-0.1, -0.05) is 13.8 Å². The van der Waals surface area contributed by atoms with E-state index in [-0.39, 0.29) is 0 Å². The van der Waals surface area contributed by atoms with Gasteiger partial charge in [-0.15, -0.1) is 0 Å². The minimum atomic E-state index is 0.628. The number of rotatable bonds is 1. The molecule has 70 valence electrons. The van der Waals surface area contributed by atoms with Gasteiger partial charge in [0.05, 0.1) is 0 Å². The first-order valence-electron chi connectivity index (χ1n) is 4.93. The van der Waals surface area contributed by atoms with Crippen LogP contribution in [0.15, 0.2) is 12.3 Å². The van der Waals surface area contributed by atoms with Gasteiger partial charge >= 0.3 is 0 Å². The molecule has 0 saturated carbocycles. The summed E-state index contributed by atoms with van der Waals surface area (Å²) >= 11 is 0. The van der Waals surface area contributed by atoms with Gasteiger partial charge in [0.25, 0.3) is 0 Å². The van der Waals surface area contributed by atoms with Crippen molar-refractivity contribution in [1.82, 2.24) is 4.98 Å². The summed E-state index contributed by atoms with van der Waals surface area (Å²) in [4.78, 5) is 4.16. The molecular formula is C11H16N2. The third-order valence-electron chi connectivity index (χ3n) is 3.01. The fourth-order valence-corrected chi connectivity index (χ4v) is 2.30. The van der Waals surface area contributed by atoms with E-state index in [2.05, 4.69) is 24.9 Å². The SMILES string of the molecule is CC(C)C1CCc2ccnc(N)c21. The van der Waals surface area contributed by atoms with Gasteiger partial charge < -0.3 is 5.73 Å². The van der Waals surface area contributed by atoms with Gasteiger partial charge in [-0.25, -0.2) is 4.98 Å². The molecule has 1 aliphatic rings. The lowest BCUT2D eigenvalue weighted by molar-refractivity contribution is 0.496. The number of nitrogen functional groups attached to an aromatic ring is 1. The number of nitrogens with zero attached hydrogens (tertiary/aromatic N) is 1. The predicted molar refractivity (Wildman–Crippen MR) is 54.5 cm³/mol. The molecular weight excluding hydrogens is 160 g/mol. The Hall–Kier alpha value is -1.05. The van der Waals surface area contributed by atoms with Gasteiger partial charge in [0.15, 0.2) is 0 Å². The van der Waals surface area contributed by atoms with Crippen molar-refractivity contribution in [3.63, 3.8) is 0 Å². The molecule has 1 aromatic heterocycles. The highest BCUT2D eigenvalue weighted by atomic mass is 14.8. The normalized spacial score (nSPS) is 20.7. The molecule has 2 rings (SSSR count). The summed E-state index contributed by atoms with van der Waals surface area (Å²) in [5.74, 6) is 2.05. The number of aryl methyl sites for hydroxylation is 1.